The summed E-state index contributed by atoms with van der Waals surface area (Å²) >= 11 is 0. The maximum absolute atomic E-state index is 8.52. The third-order valence-electron chi connectivity index (χ3n) is 5.21. The van der Waals surface area contributed by atoms with Crippen LogP contribution in [-0.2, 0) is 5.41 Å². The van der Waals surface area contributed by atoms with Gasteiger partial charge in [-0.25, -0.2) is 0 Å². The summed E-state index contributed by atoms with van der Waals surface area (Å²) in [5.41, 5.74) is 8.02. The van der Waals surface area contributed by atoms with Crippen molar-refractivity contribution < 1.29 is 0 Å². The molecule has 0 heterocycles. The van der Waals surface area contributed by atoms with Crippen molar-refractivity contribution in [1.29, 1.82) is 10.8 Å². The Labute approximate surface area is 120 Å². The maximum Gasteiger partial charge on any atom is 0.112 e. The molecule has 20 heavy (non-hydrogen) atoms. The Bertz CT molecular complexity index is 551. The molecule has 1 aromatic carbocycles. The van der Waals surface area contributed by atoms with E-state index in [4.69, 9.17) is 16.6 Å². The first kappa shape index (κ1) is 13.2. The second kappa shape index (κ2) is 4.33. The second-order valence-electron chi connectivity index (χ2n) is 6.50. The Kier molecular flexibility index (Phi) is 2.85. The van der Waals surface area contributed by atoms with E-state index in [1.165, 1.54) is 25.6 Å². The summed E-state index contributed by atoms with van der Waals surface area (Å²) in [6.07, 6.45) is 7.18. The molecule has 0 radical (unpaired) electrons. The monoisotopic (exact) mass is 270 g/mol. The number of nitrogens with two attached hydrogens (primary N) is 1. The van der Waals surface area contributed by atoms with Crippen LogP contribution in [0.3, 0.4) is 0 Å². The van der Waals surface area contributed by atoms with Crippen LogP contribution in [0.15, 0.2) is 24.3 Å². The highest BCUT2D eigenvalue weighted by Crippen LogP contribution is 2.65. The van der Waals surface area contributed by atoms with Crippen molar-refractivity contribution in [2.24, 2.45) is 5.41 Å². The van der Waals surface area contributed by atoms with Gasteiger partial charge in [0, 0.05) is 12.7 Å². The highest BCUT2D eigenvalue weighted by Gasteiger charge is 2.60. The van der Waals surface area contributed by atoms with Crippen LogP contribution in [-0.4, -0.2) is 24.1 Å². The van der Waals surface area contributed by atoms with E-state index in [9.17, 15) is 0 Å². The van der Waals surface area contributed by atoms with E-state index in [1.54, 1.807) is 11.9 Å². The smallest absolute Gasteiger partial charge is 0.112 e. The van der Waals surface area contributed by atoms with E-state index >= 15 is 0 Å². The van der Waals surface area contributed by atoms with Gasteiger partial charge in [-0.15, -0.1) is 0 Å². The SMILES string of the molecule is CN(C=N)C(=N)C1(c2cccc(N)c2)CC2(CCC2)C1. The van der Waals surface area contributed by atoms with Crippen LogP contribution in [0.25, 0.3) is 0 Å². The first-order valence-electron chi connectivity index (χ1n) is 7.20. The number of anilines is 1. The molecule has 1 spiro atoms. The zero-order valence-corrected chi connectivity index (χ0v) is 11.9. The Morgan fingerprint density at radius 3 is 2.55 bits per heavy atom. The second-order valence-corrected chi connectivity index (χ2v) is 6.50. The minimum atomic E-state index is -0.248. The van der Waals surface area contributed by atoms with Crippen LogP contribution in [0, 0.1) is 16.2 Å². The molecule has 0 bridgehead atoms. The van der Waals surface area contributed by atoms with Gasteiger partial charge in [0.25, 0.3) is 0 Å². The first-order valence-corrected chi connectivity index (χ1v) is 7.20. The molecule has 0 unspecified atom stereocenters. The first-order chi connectivity index (χ1) is 9.51. The van der Waals surface area contributed by atoms with Gasteiger partial charge >= 0.3 is 0 Å². The summed E-state index contributed by atoms with van der Waals surface area (Å²) in [5, 5.41) is 15.9. The highest BCUT2D eigenvalue weighted by molar-refractivity contribution is 5.98. The molecule has 3 rings (SSSR count). The summed E-state index contributed by atoms with van der Waals surface area (Å²) < 4.78 is 0. The number of nitrogens with one attached hydrogen (secondary N) is 2. The number of amidine groups is 1. The number of hydrogen-bond donors (Lipinski definition) is 3. The molecular formula is C16H22N4. The molecule has 1 aromatic rings. The Morgan fingerprint density at radius 1 is 1.35 bits per heavy atom. The molecule has 0 aliphatic heterocycles. The molecule has 0 atom stereocenters. The van der Waals surface area contributed by atoms with Gasteiger partial charge in [-0.3, -0.25) is 10.8 Å². The van der Waals surface area contributed by atoms with Crippen LogP contribution in [0.5, 0.6) is 0 Å². The maximum atomic E-state index is 8.52. The summed E-state index contributed by atoms with van der Waals surface area (Å²) in [6, 6.07) is 7.93. The number of benzene rings is 1. The van der Waals surface area contributed by atoms with Crippen molar-refractivity contribution in [3.63, 3.8) is 0 Å². The van der Waals surface area contributed by atoms with Crippen molar-refractivity contribution in [1.82, 2.24) is 4.90 Å². The molecule has 106 valence electrons. The summed E-state index contributed by atoms with van der Waals surface area (Å²) in [7, 11) is 1.79. The van der Waals surface area contributed by atoms with E-state index in [0.29, 0.717) is 11.3 Å². The Hall–Kier alpha value is -1.84. The number of nitrogens with zero attached hydrogens (tertiary/aromatic N) is 1. The van der Waals surface area contributed by atoms with E-state index in [0.717, 1.165) is 24.1 Å². The van der Waals surface area contributed by atoms with Gasteiger partial charge < -0.3 is 10.6 Å². The molecular weight excluding hydrogens is 248 g/mol. The summed E-state index contributed by atoms with van der Waals surface area (Å²) in [4.78, 5) is 1.62. The van der Waals surface area contributed by atoms with Crippen molar-refractivity contribution in [2.75, 3.05) is 12.8 Å². The lowest BCUT2D eigenvalue weighted by molar-refractivity contribution is -0.0204. The van der Waals surface area contributed by atoms with Gasteiger partial charge in [0.2, 0.25) is 0 Å². The molecule has 4 N–H and O–H groups in total. The fraction of sp³-hybridized carbons (Fsp3) is 0.500. The lowest BCUT2D eigenvalue weighted by Gasteiger charge is -2.62. The van der Waals surface area contributed by atoms with E-state index in [1.807, 2.05) is 18.2 Å². The normalized spacial score (nSPS) is 21.6. The molecule has 0 saturated heterocycles. The zero-order valence-electron chi connectivity index (χ0n) is 11.9. The molecule has 0 amide bonds. The average molecular weight is 270 g/mol. The van der Waals surface area contributed by atoms with Gasteiger partial charge in [-0.2, -0.15) is 0 Å². The molecule has 2 saturated carbocycles. The largest absolute Gasteiger partial charge is 0.399 e. The van der Waals surface area contributed by atoms with Crippen LogP contribution >= 0.6 is 0 Å². The van der Waals surface area contributed by atoms with Gasteiger partial charge in [0.05, 0.1) is 11.8 Å². The summed E-state index contributed by atoms with van der Waals surface area (Å²) in [6.45, 7) is 0. The van der Waals surface area contributed by atoms with E-state index in [-0.39, 0.29) is 5.41 Å². The van der Waals surface area contributed by atoms with Crippen molar-refractivity contribution in [2.45, 2.75) is 37.5 Å². The lowest BCUT2D eigenvalue weighted by Crippen LogP contribution is -2.60. The fourth-order valence-electron chi connectivity index (χ4n) is 4.01. The number of rotatable bonds is 3. The van der Waals surface area contributed by atoms with Gasteiger partial charge in [-0.1, -0.05) is 18.6 Å². The topological polar surface area (TPSA) is 77.0 Å². The molecule has 2 aliphatic carbocycles. The van der Waals surface area contributed by atoms with E-state index in [2.05, 4.69) is 6.07 Å². The zero-order chi connectivity index (χ0) is 14.4. The number of likely N-dealkylation sites (N-methyl/N-ethyl adjacent to an activating group) is 1. The molecule has 0 aromatic heterocycles. The third kappa shape index (κ3) is 1.74. The molecule has 2 aliphatic rings. The average Bonchev–Trinajstić information content (AvgIpc) is 2.35. The predicted octanol–water partition coefficient (Wildman–Crippen LogP) is 2.99. The minimum Gasteiger partial charge on any atom is -0.399 e. The number of nitrogen functional groups attached to an aromatic ring is 1. The quantitative estimate of drug-likeness (QED) is 0.448. The third-order valence-corrected chi connectivity index (χ3v) is 5.21. The minimum absolute atomic E-state index is 0.248. The molecule has 4 heteroatoms. The highest BCUT2D eigenvalue weighted by atomic mass is 15.2. The number of hydrogen-bond acceptors (Lipinski definition) is 3. The lowest BCUT2D eigenvalue weighted by atomic mass is 9.43. The van der Waals surface area contributed by atoms with Crippen molar-refractivity contribution in [3.8, 4) is 0 Å². The van der Waals surface area contributed by atoms with Crippen LogP contribution in [0.1, 0.15) is 37.7 Å². The molecule has 4 nitrogen and oxygen atoms in total. The Morgan fingerprint density at radius 2 is 2.05 bits per heavy atom. The van der Waals surface area contributed by atoms with Gasteiger partial charge in [0.1, 0.15) is 5.84 Å². The van der Waals surface area contributed by atoms with Crippen molar-refractivity contribution in [3.05, 3.63) is 29.8 Å². The standard InChI is InChI=1S/C16H22N4/c1-20(11-17)14(19)16(9-15(10-16)6-3-7-15)12-4-2-5-13(18)8-12/h2,4-5,8,11,17,19H,3,6-7,9-10,18H2,1H3. The van der Waals surface area contributed by atoms with E-state index < -0.39 is 0 Å². The fourth-order valence-corrected chi connectivity index (χ4v) is 4.01. The van der Waals surface area contributed by atoms with Crippen molar-refractivity contribution >= 4 is 17.9 Å². The summed E-state index contributed by atoms with van der Waals surface area (Å²) in [5.74, 6) is 0.524. The van der Waals surface area contributed by atoms with Crippen LogP contribution in [0.2, 0.25) is 0 Å². The van der Waals surface area contributed by atoms with Gasteiger partial charge in [-0.05, 0) is 48.8 Å². The predicted molar refractivity (Wildman–Crippen MR) is 82.3 cm³/mol. The van der Waals surface area contributed by atoms with Crippen LogP contribution < -0.4 is 5.73 Å². The molecule has 2 fully saturated rings. The van der Waals surface area contributed by atoms with Crippen LogP contribution in [0.4, 0.5) is 5.69 Å². The van der Waals surface area contributed by atoms with Gasteiger partial charge in [0.15, 0.2) is 0 Å². The Balaban J connectivity index is 1.97.